The van der Waals surface area contributed by atoms with E-state index in [1.165, 1.54) is 11.1 Å². The standard InChI is InChI=1S/C22H22N2OS/c1-16-10-12-17(13-11-16)14-24-21(25)19-8-5-9-20(19)23-22(24)26-15-18-6-3-2-4-7-18/h2-4,6-7,10-13H,5,8-9,14-15H2,1H3. The Bertz CT molecular complexity index is 962. The average Bonchev–Trinajstić information content (AvgIpc) is 3.14. The van der Waals surface area contributed by atoms with Crippen molar-refractivity contribution in [3.63, 3.8) is 0 Å². The van der Waals surface area contributed by atoms with Crippen LogP contribution >= 0.6 is 11.8 Å². The van der Waals surface area contributed by atoms with Gasteiger partial charge in [-0.3, -0.25) is 9.36 Å². The molecule has 0 bridgehead atoms. The first kappa shape index (κ1) is 17.1. The summed E-state index contributed by atoms with van der Waals surface area (Å²) in [5, 5.41) is 0.833. The molecular weight excluding hydrogens is 340 g/mol. The zero-order chi connectivity index (χ0) is 17.9. The lowest BCUT2D eigenvalue weighted by atomic mass is 10.1. The van der Waals surface area contributed by atoms with Crippen molar-refractivity contribution in [1.29, 1.82) is 0 Å². The monoisotopic (exact) mass is 362 g/mol. The zero-order valence-corrected chi connectivity index (χ0v) is 15.8. The Morgan fingerprint density at radius 1 is 1.00 bits per heavy atom. The third-order valence-electron chi connectivity index (χ3n) is 4.83. The van der Waals surface area contributed by atoms with E-state index in [0.717, 1.165) is 47.0 Å². The van der Waals surface area contributed by atoms with E-state index in [4.69, 9.17) is 4.98 Å². The highest BCUT2D eigenvalue weighted by Crippen LogP contribution is 2.25. The lowest BCUT2D eigenvalue weighted by Gasteiger charge is -2.14. The molecule has 3 nitrogen and oxygen atoms in total. The quantitative estimate of drug-likeness (QED) is 0.499. The van der Waals surface area contributed by atoms with Crippen LogP contribution in [0.3, 0.4) is 0 Å². The largest absolute Gasteiger partial charge is 0.283 e. The number of nitrogens with zero attached hydrogens (tertiary/aromatic N) is 2. The van der Waals surface area contributed by atoms with Crippen LogP contribution in [-0.2, 0) is 25.1 Å². The van der Waals surface area contributed by atoms with E-state index in [1.54, 1.807) is 11.8 Å². The van der Waals surface area contributed by atoms with Crippen molar-refractivity contribution >= 4 is 11.8 Å². The molecule has 4 rings (SSSR count). The Morgan fingerprint density at radius 3 is 2.54 bits per heavy atom. The van der Waals surface area contributed by atoms with E-state index in [1.807, 2.05) is 22.8 Å². The maximum absolute atomic E-state index is 13.1. The van der Waals surface area contributed by atoms with Gasteiger partial charge in [0.1, 0.15) is 0 Å². The molecule has 0 fully saturated rings. The molecule has 0 saturated carbocycles. The molecule has 2 aromatic carbocycles. The second-order valence-corrected chi connectivity index (χ2v) is 7.77. The maximum atomic E-state index is 13.1. The van der Waals surface area contributed by atoms with Gasteiger partial charge in [0.15, 0.2) is 5.16 Å². The number of thioether (sulfide) groups is 1. The molecule has 0 atom stereocenters. The van der Waals surface area contributed by atoms with E-state index in [-0.39, 0.29) is 5.56 Å². The Balaban J connectivity index is 1.68. The van der Waals surface area contributed by atoms with Crippen LogP contribution in [0.5, 0.6) is 0 Å². The summed E-state index contributed by atoms with van der Waals surface area (Å²) in [5.41, 5.74) is 5.68. The van der Waals surface area contributed by atoms with Crippen LogP contribution in [0.2, 0.25) is 0 Å². The molecular formula is C22H22N2OS. The smallest absolute Gasteiger partial charge is 0.257 e. The number of aromatic nitrogens is 2. The summed E-state index contributed by atoms with van der Waals surface area (Å²) in [5.74, 6) is 0.819. The van der Waals surface area contributed by atoms with Crippen molar-refractivity contribution < 1.29 is 0 Å². The van der Waals surface area contributed by atoms with E-state index >= 15 is 0 Å². The summed E-state index contributed by atoms with van der Waals surface area (Å²) in [6, 6.07) is 18.7. The van der Waals surface area contributed by atoms with Crippen LogP contribution in [0.15, 0.2) is 64.5 Å². The first-order valence-corrected chi connectivity index (χ1v) is 10.0. The van der Waals surface area contributed by atoms with Crippen molar-refractivity contribution in [3.05, 3.63) is 92.9 Å². The molecule has 26 heavy (non-hydrogen) atoms. The Hall–Kier alpha value is -2.33. The normalized spacial score (nSPS) is 13.0. The molecule has 0 amide bonds. The third kappa shape index (κ3) is 3.61. The lowest BCUT2D eigenvalue weighted by molar-refractivity contribution is 0.631. The average molecular weight is 362 g/mol. The third-order valence-corrected chi connectivity index (χ3v) is 5.87. The van der Waals surface area contributed by atoms with Crippen molar-refractivity contribution in [2.45, 2.75) is 43.6 Å². The molecule has 0 spiro atoms. The fourth-order valence-corrected chi connectivity index (χ4v) is 4.32. The van der Waals surface area contributed by atoms with Gasteiger partial charge >= 0.3 is 0 Å². The minimum Gasteiger partial charge on any atom is -0.283 e. The summed E-state index contributed by atoms with van der Waals surface area (Å²) in [6.45, 7) is 2.66. The summed E-state index contributed by atoms with van der Waals surface area (Å²) < 4.78 is 1.86. The lowest BCUT2D eigenvalue weighted by Crippen LogP contribution is -2.27. The number of benzene rings is 2. The molecule has 0 saturated heterocycles. The molecule has 1 heterocycles. The Kier molecular flexibility index (Phi) is 4.93. The predicted molar refractivity (Wildman–Crippen MR) is 107 cm³/mol. The second kappa shape index (κ2) is 7.50. The van der Waals surface area contributed by atoms with E-state index in [2.05, 4.69) is 43.3 Å². The number of fused-ring (bicyclic) bond motifs is 1. The summed E-state index contributed by atoms with van der Waals surface area (Å²) in [6.07, 6.45) is 2.82. The fourth-order valence-electron chi connectivity index (χ4n) is 3.35. The van der Waals surface area contributed by atoms with Crippen LogP contribution in [0.1, 0.15) is 34.4 Å². The number of aryl methyl sites for hydroxylation is 2. The van der Waals surface area contributed by atoms with Crippen LogP contribution in [-0.4, -0.2) is 9.55 Å². The van der Waals surface area contributed by atoms with Crippen LogP contribution in [0.25, 0.3) is 0 Å². The summed E-state index contributed by atoms with van der Waals surface area (Å²) >= 11 is 1.65. The molecule has 132 valence electrons. The number of rotatable bonds is 5. The van der Waals surface area contributed by atoms with Crippen molar-refractivity contribution in [3.8, 4) is 0 Å². The Labute approximate surface area is 158 Å². The minimum atomic E-state index is 0.142. The summed E-state index contributed by atoms with van der Waals surface area (Å²) in [7, 11) is 0. The highest BCUT2D eigenvalue weighted by molar-refractivity contribution is 7.98. The number of hydrogen-bond donors (Lipinski definition) is 0. The number of hydrogen-bond acceptors (Lipinski definition) is 3. The highest BCUT2D eigenvalue weighted by Gasteiger charge is 2.21. The molecule has 4 heteroatoms. The Morgan fingerprint density at radius 2 is 1.77 bits per heavy atom. The molecule has 0 aliphatic heterocycles. The molecule has 1 aliphatic carbocycles. The first-order chi connectivity index (χ1) is 12.7. The SMILES string of the molecule is Cc1ccc(Cn2c(SCc3ccccc3)nc3c(c2=O)CCC3)cc1. The molecule has 3 aromatic rings. The van der Waals surface area contributed by atoms with Gasteiger partial charge in [-0.25, -0.2) is 4.98 Å². The van der Waals surface area contributed by atoms with Gasteiger partial charge in [0.2, 0.25) is 0 Å². The minimum absolute atomic E-state index is 0.142. The van der Waals surface area contributed by atoms with Crippen LogP contribution in [0.4, 0.5) is 0 Å². The van der Waals surface area contributed by atoms with Gasteiger partial charge in [-0.1, -0.05) is 71.9 Å². The van der Waals surface area contributed by atoms with E-state index in [0.29, 0.717) is 6.54 Å². The van der Waals surface area contributed by atoms with Crippen molar-refractivity contribution in [2.24, 2.45) is 0 Å². The van der Waals surface area contributed by atoms with E-state index in [9.17, 15) is 4.79 Å². The van der Waals surface area contributed by atoms with Gasteiger partial charge in [-0.15, -0.1) is 0 Å². The van der Waals surface area contributed by atoms with Crippen molar-refractivity contribution in [1.82, 2.24) is 9.55 Å². The van der Waals surface area contributed by atoms with Crippen LogP contribution in [0, 0.1) is 6.92 Å². The van der Waals surface area contributed by atoms with Gasteiger partial charge in [-0.05, 0) is 37.3 Å². The zero-order valence-electron chi connectivity index (χ0n) is 14.9. The van der Waals surface area contributed by atoms with Crippen LogP contribution < -0.4 is 5.56 Å². The van der Waals surface area contributed by atoms with Gasteiger partial charge in [0, 0.05) is 11.3 Å². The van der Waals surface area contributed by atoms with Gasteiger partial charge in [0.05, 0.1) is 12.2 Å². The molecule has 0 radical (unpaired) electrons. The summed E-state index contributed by atoms with van der Waals surface area (Å²) in [4.78, 5) is 17.9. The molecule has 1 aliphatic rings. The predicted octanol–water partition coefficient (Wildman–Crippen LogP) is 4.38. The van der Waals surface area contributed by atoms with Gasteiger partial charge in [-0.2, -0.15) is 0 Å². The fraction of sp³-hybridized carbons (Fsp3) is 0.273. The molecule has 1 aromatic heterocycles. The van der Waals surface area contributed by atoms with Crippen molar-refractivity contribution in [2.75, 3.05) is 0 Å². The second-order valence-electron chi connectivity index (χ2n) is 6.82. The molecule has 0 unspecified atom stereocenters. The van der Waals surface area contributed by atoms with Gasteiger partial charge < -0.3 is 0 Å². The van der Waals surface area contributed by atoms with Gasteiger partial charge in [0.25, 0.3) is 5.56 Å². The maximum Gasteiger partial charge on any atom is 0.257 e. The van der Waals surface area contributed by atoms with E-state index < -0.39 is 0 Å². The molecule has 0 N–H and O–H groups in total. The highest BCUT2D eigenvalue weighted by atomic mass is 32.2. The topological polar surface area (TPSA) is 34.9 Å². The first-order valence-electron chi connectivity index (χ1n) is 9.05.